The fraction of sp³-hybridized carbons (Fsp3) is 0.786. The van der Waals surface area contributed by atoms with E-state index < -0.39 is 17.4 Å². The van der Waals surface area contributed by atoms with Crippen LogP contribution in [0, 0.1) is 11.3 Å². The minimum Gasteiger partial charge on any atom is -0.480 e. The predicted octanol–water partition coefficient (Wildman–Crippen LogP) is 0.783. The number of aliphatic carboxylic acids is 1. The van der Waals surface area contributed by atoms with Crippen molar-refractivity contribution in [2.45, 2.75) is 46.1 Å². The molecule has 1 saturated heterocycles. The number of rotatable bonds is 4. The molecule has 1 aliphatic heterocycles. The number of hydrogen-bond donors (Lipinski definition) is 3. The lowest BCUT2D eigenvalue weighted by atomic mass is 9.87. The van der Waals surface area contributed by atoms with Crippen molar-refractivity contribution < 1.29 is 19.5 Å². The van der Waals surface area contributed by atoms with E-state index in [2.05, 4.69) is 5.32 Å². The van der Waals surface area contributed by atoms with Crippen LogP contribution in [0.1, 0.15) is 40.0 Å². The summed E-state index contributed by atoms with van der Waals surface area (Å²) in [5.41, 5.74) is 4.60. The molecule has 1 heterocycles. The number of nitrogens with zero attached hydrogens (tertiary/aromatic N) is 1. The molecule has 1 atom stereocenters. The Labute approximate surface area is 124 Å². The van der Waals surface area contributed by atoms with Crippen molar-refractivity contribution in [1.29, 1.82) is 0 Å². The number of nitrogens with one attached hydrogen (secondary N) is 1. The largest absolute Gasteiger partial charge is 0.480 e. The van der Waals surface area contributed by atoms with Crippen LogP contribution < -0.4 is 11.1 Å². The van der Waals surface area contributed by atoms with Gasteiger partial charge in [-0.25, -0.2) is 9.59 Å². The van der Waals surface area contributed by atoms with E-state index in [0.29, 0.717) is 32.4 Å². The first kappa shape index (κ1) is 17.3. The number of carbonyl (C=O) groups is 3. The number of amides is 3. The van der Waals surface area contributed by atoms with Crippen molar-refractivity contribution in [3.8, 4) is 0 Å². The van der Waals surface area contributed by atoms with Crippen LogP contribution in [0.15, 0.2) is 0 Å². The second-order valence-corrected chi connectivity index (χ2v) is 6.69. The lowest BCUT2D eigenvalue weighted by Crippen LogP contribution is -2.54. The monoisotopic (exact) mass is 299 g/mol. The number of carboxylic acids is 1. The lowest BCUT2D eigenvalue weighted by molar-refractivity contribution is -0.142. The first-order chi connectivity index (χ1) is 9.61. The minimum absolute atomic E-state index is 0.212. The second kappa shape index (κ2) is 6.78. The van der Waals surface area contributed by atoms with Gasteiger partial charge in [-0.1, -0.05) is 20.8 Å². The molecule has 0 bridgehead atoms. The standard InChI is InChI=1S/C14H25N3O4/c1-14(2,3)11(12(19)20)16-13(21)17-6-4-9(5-7-17)8-10(15)18/h9,11H,4-8H2,1-3H3,(H2,15,18)(H,16,21)(H,19,20). The summed E-state index contributed by atoms with van der Waals surface area (Å²) in [6.07, 6.45) is 1.77. The van der Waals surface area contributed by atoms with E-state index in [1.165, 1.54) is 0 Å². The van der Waals surface area contributed by atoms with Gasteiger partial charge in [-0.3, -0.25) is 4.79 Å². The van der Waals surface area contributed by atoms with Gasteiger partial charge in [0, 0.05) is 19.5 Å². The lowest BCUT2D eigenvalue weighted by Gasteiger charge is -2.34. The van der Waals surface area contributed by atoms with E-state index in [1.54, 1.807) is 25.7 Å². The van der Waals surface area contributed by atoms with Gasteiger partial charge in [0.05, 0.1) is 0 Å². The van der Waals surface area contributed by atoms with E-state index in [0.717, 1.165) is 0 Å². The predicted molar refractivity (Wildman–Crippen MR) is 77.5 cm³/mol. The molecule has 1 fully saturated rings. The third-order valence-electron chi connectivity index (χ3n) is 3.77. The Bertz CT molecular complexity index is 409. The van der Waals surface area contributed by atoms with Crippen LogP contribution in [0.2, 0.25) is 0 Å². The van der Waals surface area contributed by atoms with Crippen molar-refractivity contribution in [2.75, 3.05) is 13.1 Å². The van der Waals surface area contributed by atoms with E-state index in [1.807, 2.05) is 0 Å². The summed E-state index contributed by atoms with van der Waals surface area (Å²) in [5.74, 6) is -1.15. The highest BCUT2D eigenvalue weighted by molar-refractivity contribution is 5.83. The first-order valence-electron chi connectivity index (χ1n) is 7.18. The molecule has 7 nitrogen and oxygen atoms in total. The van der Waals surface area contributed by atoms with Gasteiger partial charge in [0.2, 0.25) is 5.91 Å². The Morgan fingerprint density at radius 1 is 1.29 bits per heavy atom. The number of hydrogen-bond acceptors (Lipinski definition) is 3. The van der Waals surface area contributed by atoms with Gasteiger partial charge < -0.3 is 21.1 Å². The Kier molecular flexibility index (Phi) is 5.57. The van der Waals surface area contributed by atoms with Gasteiger partial charge in [-0.05, 0) is 24.2 Å². The molecule has 7 heteroatoms. The van der Waals surface area contributed by atoms with Crippen molar-refractivity contribution >= 4 is 17.9 Å². The average Bonchev–Trinajstić information content (AvgIpc) is 2.34. The van der Waals surface area contributed by atoms with E-state index in [9.17, 15) is 19.5 Å². The highest BCUT2D eigenvalue weighted by atomic mass is 16.4. The molecule has 0 aromatic rings. The molecule has 4 N–H and O–H groups in total. The summed E-state index contributed by atoms with van der Waals surface area (Å²) >= 11 is 0. The van der Waals surface area contributed by atoms with E-state index >= 15 is 0 Å². The Balaban J connectivity index is 2.54. The highest BCUT2D eigenvalue weighted by Gasteiger charge is 2.34. The summed E-state index contributed by atoms with van der Waals surface area (Å²) in [4.78, 5) is 35.9. The molecule has 0 saturated carbocycles. The van der Waals surface area contributed by atoms with Crippen LogP contribution in [-0.2, 0) is 9.59 Å². The first-order valence-corrected chi connectivity index (χ1v) is 7.18. The molecule has 3 amide bonds. The summed E-state index contributed by atoms with van der Waals surface area (Å²) in [6.45, 7) is 6.34. The van der Waals surface area contributed by atoms with E-state index in [4.69, 9.17) is 5.73 Å². The zero-order chi connectivity index (χ0) is 16.2. The molecule has 0 radical (unpaired) electrons. The van der Waals surface area contributed by atoms with Gasteiger partial charge in [-0.15, -0.1) is 0 Å². The maximum atomic E-state index is 12.1. The Morgan fingerprint density at radius 2 is 1.81 bits per heavy atom. The number of carboxylic acid groups (broad SMARTS) is 1. The molecular weight excluding hydrogens is 274 g/mol. The topological polar surface area (TPSA) is 113 Å². The number of nitrogens with two attached hydrogens (primary N) is 1. The molecule has 0 spiro atoms. The normalized spacial score (nSPS) is 18.1. The van der Waals surface area contributed by atoms with Gasteiger partial charge in [0.25, 0.3) is 0 Å². The van der Waals surface area contributed by atoms with Crippen molar-refractivity contribution in [2.24, 2.45) is 17.1 Å². The zero-order valence-electron chi connectivity index (χ0n) is 12.9. The fourth-order valence-corrected chi connectivity index (χ4v) is 2.49. The quantitative estimate of drug-likeness (QED) is 0.712. The second-order valence-electron chi connectivity index (χ2n) is 6.69. The average molecular weight is 299 g/mol. The molecule has 1 rings (SSSR count). The third-order valence-corrected chi connectivity index (χ3v) is 3.77. The Hall–Kier alpha value is -1.79. The van der Waals surface area contributed by atoms with Crippen LogP contribution in [0.25, 0.3) is 0 Å². The van der Waals surface area contributed by atoms with Crippen LogP contribution in [-0.4, -0.2) is 47.0 Å². The van der Waals surface area contributed by atoms with Crippen LogP contribution in [0.3, 0.4) is 0 Å². The van der Waals surface area contributed by atoms with Crippen LogP contribution >= 0.6 is 0 Å². The smallest absolute Gasteiger partial charge is 0.326 e. The Morgan fingerprint density at radius 3 is 2.19 bits per heavy atom. The van der Waals surface area contributed by atoms with Crippen molar-refractivity contribution in [3.05, 3.63) is 0 Å². The number of primary amides is 1. The zero-order valence-corrected chi connectivity index (χ0v) is 12.9. The van der Waals surface area contributed by atoms with Gasteiger partial charge in [-0.2, -0.15) is 0 Å². The van der Waals surface area contributed by atoms with Gasteiger partial charge in [0.15, 0.2) is 0 Å². The minimum atomic E-state index is -1.04. The van der Waals surface area contributed by atoms with E-state index in [-0.39, 0.29) is 17.9 Å². The molecular formula is C14H25N3O4. The molecule has 21 heavy (non-hydrogen) atoms. The molecule has 0 aromatic carbocycles. The molecule has 1 unspecified atom stereocenters. The molecule has 1 aliphatic rings. The number of carbonyl (C=O) groups excluding carboxylic acids is 2. The molecule has 120 valence electrons. The maximum absolute atomic E-state index is 12.1. The number of urea groups is 1. The van der Waals surface area contributed by atoms with Crippen molar-refractivity contribution in [1.82, 2.24) is 10.2 Å². The van der Waals surface area contributed by atoms with Gasteiger partial charge in [0.1, 0.15) is 6.04 Å². The molecule has 0 aromatic heterocycles. The summed E-state index contributed by atoms with van der Waals surface area (Å²) < 4.78 is 0. The third kappa shape index (κ3) is 5.24. The number of piperidine rings is 1. The summed E-state index contributed by atoms with van der Waals surface area (Å²) in [5, 5.41) is 11.8. The highest BCUT2D eigenvalue weighted by Crippen LogP contribution is 2.22. The SMILES string of the molecule is CC(C)(C)C(NC(=O)N1CCC(CC(N)=O)CC1)C(=O)O. The number of likely N-dealkylation sites (tertiary alicyclic amines) is 1. The van der Waals surface area contributed by atoms with Crippen LogP contribution in [0.5, 0.6) is 0 Å². The summed E-state index contributed by atoms with van der Waals surface area (Å²) in [7, 11) is 0. The van der Waals surface area contributed by atoms with Crippen molar-refractivity contribution in [3.63, 3.8) is 0 Å². The van der Waals surface area contributed by atoms with Crippen LogP contribution in [0.4, 0.5) is 4.79 Å². The van der Waals surface area contributed by atoms with Gasteiger partial charge >= 0.3 is 12.0 Å². The maximum Gasteiger partial charge on any atom is 0.326 e. The molecule has 0 aliphatic carbocycles. The summed E-state index contributed by atoms with van der Waals surface area (Å²) in [6, 6.07) is -1.30. The fourth-order valence-electron chi connectivity index (χ4n) is 2.49.